The van der Waals surface area contributed by atoms with Crippen molar-refractivity contribution in [3.8, 4) is 0 Å². The van der Waals surface area contributed by atoms with Gasteiger partial charge in [0.1, 0.15) is 0 Å². The average molecular weight is 325 g/mol. The van der Waals surface area contributed by atoms with Crippen molar-refractivity contribution in [3.63, 3.8) is 0 Å². The van der Waals surface area contributed by atoms with Gasteiger partial charge in [-0.1, -0.05) is 54.0 Å². The summed E-state index contributed by atoms with van der Waals surface area (Å²) in [6, 6.07) is 0.511. The van der Waals surface area contributed by atoms with E-state index in [9.17, 15) is 0 Å². The topological polar surface area (TPSA) is 15.3 Å². The van der Waals surface area contributed by atoms with Crippen LogP contribution in [0.1, 0.15) is 87.0 Å². The molecule has 1 aliphatic carbocycles. The Bertz CT molecular complexity index is 293. The summed E-state index contributed by atoms with van der Waals surface area (Å²) in [6.45, 7) is 22.7. The van der Waals surface area contributed by atoms with E-state index < -0.39 is 0 Å². The fraction of sp³-hybridized carbons (Fsp3) is 0.905. The van der Waals surface area contributed by atoms with Gasteiger partial charge in [-0.15, -0.1) is 0 Å². The Kier molecular flexibility index (Phi) is 11.7. The van der Waals surface area contributed by atoms with Crippen LogP contribution in [0.4, 0.5) is 0 Å². The van der Waals surface area contributed by atoms with Crippen LogP contribution in [0, 0.1) is 11.3 Å². The summed E-state index contributed by atoms with van der Waals surface area (Å²) >= 11 is 0. The van der Waals surface area contributed by atoms with E-state index in [1.54, 1.807) is 0 Å². The van der Waals surface area contributed by atoms with Crippen molar-refractivity contribution in [1.82, 2.24) is 10.2 Å². The maximum Gasteiger partial charge on any atom is 0.0375 e. The molecule has 1 N–H and O–H groups in total. The average Bonchev–Trinajstić information content (AvgIpc) is 3.23. The largest absolute Gasteiger partial charge is 0.386 e. The maximum atomic E-state index is 4.09. The Labute approximate surface area is 147 Å². The summed E-state index contributed by atoms with van der Waals surface area (Å²) in [5.74, 6) is 0.898. The predicted octanol–water partition coefficient (Wildman–Crippen LogP) is 5.84. The summed E-state index contributed by atoms with van der Waals surface area (Å²) in [7, 11) is 0. The van der Waals surface area contributed by atoms with E-state index in [4.69, 9.17) is 0 Å². The lowest BCUT2D eigenvalue weighted by Crippen LogP contribution is -2.38. The number of nitrogens with one attached hydrogen (secondary N) is 1. The van der Waals surface area contributed by atoms with Gasteiger partial charge in [-0.3, -0.25) is 4.90 Å². The van der Waals surface area contributed by atoms with Crippen LogP contribution in [0.5, 0.6) is 0 Å². The molecule has 1 heterocycles. The van der Waals surface area contributed by atoms with Crippen LogP contribution >= 0.6 is 0 Å². The van der Waals surface area contributed by atoms with Gasteiger partial charge >= 0.3 is 0 Å². The van der Waals surface area contributed by atoms with Crippen LogP contribution in [0.3, 0.4) is 0 Å². The Morgan fingerprint density at radius 3 is 1.87 bits per heavy atom. The van der Waals surface area contributed by atoms with Crippen molar-refractivity contribution < 1.29 is 0 Å². The molecule has 1 aliphatic heterocycles. The summed E-state index contributed by atoms with van der Waals surface area (Å²) < 4.78 is 0. The number of hydrogen-bond acceptors (Lipinski definition) is 2. The zero-order valence-electron chi connectivity index (χ0n) is 17.2. The Balaban J connectivity index is 0.000000515. The molecule has 0 amide bonds. The predicted molar refractivity (Wildman–Crippen MR) is 106 cm³/mol. The highest BCUT2D eigenvalue weighted by molar-refractivity contribution is 5.01. The Morgan fingerprint density at radius 1 is 1.04 bits per heavy atom. The summed E-state index contributed by atoms with van der Waals surface area (Å²) in [5, 5.41) is 3.39. The van der Waals surface area contributed by atoms with Gasteiger partial charge in [-0.05, 0) is 64.0 Å². The molecular formula is C21H44N2. The lowest BCUT2D eigenvalue weighted by molar-refractivity contribution is 0.182. The normalized spacial score (nSPS) is 18.8. The maximum absolute atomic E-state index is 4.09. The smallest absolute Gasteiger partial charge is 0.0375 e. The molecule has 0 bridgehead atoms. The molecule has 0 aromatic rings. The molecule has 138 valence electrons. The van der Waals surface area contributed by atoms with Gasteiger partial charge in [0, 0.05) is 18.3 Å². The number of likely N-dealkylation sites (tertiary alicyclic amines) is 1. The molecule has 0 aromatic carbocycles. The zero-order valence-corrected chi connectivity index (χ0v) is 17.2. The highest BCUT2D eigenvalue weighted by Gasteiger charge is 2.44. The van der Waals surface area contributed by atoms with Gasteiger partial charge in [0.2, 0.25) is 0 Å². The van der Waals surface area contributed by atoms with Gasteiger partial charge in [0.05, 0.1) is 0 Å². The molecule has 2 heteroatoms. The SMILES string of the molecule is C=C(CN1CCC2(CC1)CC2)NC(C)C.CC.CCCC(C)C. The number of piperidine rings is 1. The number of rotatable bonds is 6. The van der Waals surface area contributed by atoms with Crippen molar-refractivity contribution in [2.75, 3.05) is 19.6 Å². The summed E-state index contributed by atoms with van der Waals surface area (Å²) in [5.41, 5.74) is 1.97. The first-order chi connectivity index (χ1) is 10.9. The Hall–Kier alpha value is -0.500. The van der Waals surface area contributed by atoms with E-state index in [1.165, 1.54) is 57.3 Å². The highest BCUT2D eigenvalue weighted by Crippen LogP contribution is 2.53. The summed E-state index contributed by atoms with van der Waals surface area (Å²) in [6.07, 6.45) is 8.53. The minimum absolute atomic E-state index is 0.511. The second kappa shape index (κ2) is 11.9. The molecule has 2 rings (SSSR count). The minimum atomic E-state index is 0.511. The minimum Gasteiger partial charge on any atom is -0.386 e. The van der Waals surface area contributed by atoms with Crippen molar-refractivity contribution in [2.45, 2.75) is 93.0 Å². The van der Waals surface area contributed by atoms with Crippen molar-refractivity contribution >= 4 is 0 Å². The monoisotopic (exact) mass is 324 g/mol. The first-order valence-electron chi connectivity index (χ1n) is 10.0. The highest BCUT2D eigenvalue weighted by atomic mass is 15.2. The van der Waals surface area contributed by atoms with Crippen LogP contribution < -0.4 is 5.32 Å². The van der Waals surface area contributed by atoms with Crippen molar-refractivity contribution in [3.05, 3.63) is 12.3 Å². The molecule has 1 saturated heterocycles. The van der Waals surface area contributed by atoms with Gasteiger partial charge in [0.15, 0.2) is 0 Å². The fourth-order valence-corrected chi connectivity index (χ4v) is 3.16. The van der Waals surface area contributed by atoms with E-state index in [2.05, 4.69) is 51.4 Å². The molecule has 0 aromatic heterocycles. The lowest BCUT2D eigenvalue weighted by atomic mass is 9.94. The molecule has 0 atom stereocenters. The van der Waals surface area contributed by atoms with Crippen LogP contribution in [-0.4, -0.2) is 30.6 Å². The first kappa shape index (κ1) is 22.5. The Morgan fingerprint density at radius 2 is 1.57 bits per heavy atom. The van der Waals surface area contributed by atoms with Gasteiger partial charge < -0.3 is 5.32 Å². The van der Waals surface area contributed by atoms with Gasteiger partial charge in [-0.2, -0.15) is 0 Å². The van der Waals surface area contributed by atoms with Crippen LogP contribution in [0.15, 0.2) is 12.3 Å². The number of hydrogen-bond donors (Lipinski definition) is 1. The summed E-state index contributed by atoms with van der Waals surface area (Å²) in [4.78, 5) is 2.54. The second-order valence-electron chi connectivity index (χ2n) is 7.86. The van der Waals surface area contributed by atoms with E-state index in [0.717, 1.165) is 17.9 Å². The molecule has 2 nitrogen and oxygen atoms in total. The third-order valence-corrected chi connectivity index (χ3v) is 4.65. The third kappa shape index (κ3) is 10.8. The first-order valence-corrected chi connectivity index (χ1v) is 10.0. The quantitative estimate of drug-likeness (QED) is 0.660. The molecule has 0 radical (unpaired) electrons. The van der Waals surface area contributed by atoms with Crippen LogP contribution in [0.25, 0.3) is 0 Å². The van der Waals surface area contributed by atoms with E-state index in [1.807, 2.05) is 13.8 Å². The third-order valence-electron chi connectivity index (χ3n) is 4.65. The van der Waals surface area contributed by atoms with Crippen molar-refractivity contribution in [2.24, 2.45) is 11.3 Å². The molecule has 23 heavy (non-hydrogen) atoms. The van der Waals surface area contributed by atoms with Gasteiger partial charge in [0.25, 0.3) is 0 Å². The zero-order chi connectivity index (χ0) is 17.9. The lowest BCUT2D eigenvalue weighted by Gasteiger charge is -2.32. The standard InChI is InChI=1S/C13H24N2.C6H14.C2H6/c1-11(2)14-12(3)10-15-8-6-13(4-5-13)7-9-15;1-4-5-6(2)3;1-2/h11,14H,3-10H2,1-2H3;6H,4-5H2,1-3H3;1-2H3. The van der Waals surface area contributed by atoms with Crippen LogP contribution in [0.2, 0.25) is 0 Å². The molecule has 0 unspecified atom stereocenters. The second-order valence-corrected chi connectivity index (χ2v) is 7.86. The van der Waals surface area contributed by atoms with E-state index in [0.29, 0.717) is 6.04 Å². The molecule has 2 aliphatic rings. The fourth-order valence-electron chi connectivity index (χ4n) is 3.16. The van der Waals surface area contributed by atoms with E-state index in [-0.39, 0.29) is 0 Å². The molecular weight excluding hydrogens is 280 g/mol. The molecule has 1 spiro atoms. The molecule has 1 saturated carbocycles. The van der Waals surface area contributed by atoms with Gasteiger partial charge in [-0.25, -0.2) is 0 Å². The molecule has 2 fully saturated rings. The van der Waals surface area contributed by atoms with Crippen LogP contribution in [-0.2, 0) is 0 Å². The van der Waals surface area contributed by atoms with Crippen molar-refractivity contribution in [1.29, 1.82) is 0 Å². The number of nitrogens with zero attached hydrogens (tertiary/aromatic N) is 1. The van der Waals surface area contributed by atoms with E-state index >= 15 is 0 Å².